The van der Waals surface area contributed by atoms with E-state index in [9.17, 15) is 13.6 Å². The molecule has 1 saturated carbocycles. The van der Waals surface area contributed by atoms with E-state index in [1.54, 1.807) is 13.2 Å². The third kappa shape index (κ3) is 5.63. The van der Waals surface area contributed by atoms with Crippen LogP contribution < -0.4 is 10.1 Å². The molecule has 1 fully saturated rings. The molecule has 1 N–H and O–H groups in total. The molecule has 0 aliphatic heterocycles. The maximum absolute atomic E-state index is 14.1. The SMILES string of the molecule is COc1cc(-c2sc(Cl)cc2NC(=O)O[C@H](C)c2cc(F)ccc2F)ccc1-c1ccc(C2CC2)cc1. The molecular weight excluding hydrogens is 516 g/mol. The van der Waals surface area contributed by atoms with Gasteiger partial charge in [-0.15, -0.1) is 11.3 Å². The molecule has 5 rings (SSSR count). The number of benzene rings is 3. The Hall–Kier alpha value is -3.42. The van der Waals surface area contributed by atoms with Crippen LogP contribution in [0.15, 0.2) is 66.7 Å². The van der Waals surface area contributed by atoms with Gasteiger partial charge in [0, 0.05) is 11.1 Å². The van der Waals surface area contributed by atoms with Crippen molar-refractivity contribution in [2.45, 2.75) is 31.8 Å². The number of rotatable bonds is 7. The van der Waals surface area contributed by atoms with Crippen molar-refractivity contribution in [3.8, 4) is 27.3 Å². The highest BCUT2D eigenvalue weighted by Crippen LogP contribution is 2.44. The first-order valence-corrected chi connectivity index (χ1v) is 13.0. The van der Waals surface area contributed by atoms with Crippen molar-refractivity contribution >= 4 is 34.7 Å². The zero-order valence-electron chi connectivity index (χ0n) is 20.2. The third-order valence-electron chi connectivity index (χ3n) is 6.35. The van der Waals surface area contributed by atoms with Crippen molar-refractivity contribution in [2.75, 3.05) is 12.4 Å². The van der Waals surface area contributed by atoms with Crippen molar-refractivity contribution in [1.29, 1.82) is 0 Å². The van der Waals surface area contributed by atoms with Crippen molar-refractivity contribution in [2.24, 2.45) is 0 Å². The van der Waals surface area contributed by atoms with Crippen molar-refractivity contribution in [3.05, 3.63) is 93.8 Å². The van der Waals surface area contributed by atoms with Gasteiger partial charge in [-0.3, -0.25) is 5.32 Å². The minimum absolute atomic E-state index is 0.0517. The number of amides is 1. The molecule has 1 aliphatic carbocycles. The second-order valence-electron chi connectivity index (χ2n) is 8.94. The van der Waals surface area contributed by atoms with E-state index in [-0.39, 0.29) is 5.56 Å². The lowest BCUT2D eigenvalue weighted by molar-refractivity contribution is 0.119. The fourth-order valence-electron chi connectivity index (χ4n) is 4.28. The Morgan fingerprint density at radius 3 is 2.46 bits per heavy atom. The molecule has 4 nitrogen and oxygen atoms in total. The Kier molecular flexibility index (Phi) is 7.17. The normalized spacial score (nSPS) is 13.8. The molecular formula is C29H24ClF2NO3S. The monoisotopic (exact) mass is 539 g/mol. The summed E-state index contributed by atoms with van der Waals surface area (Å²) in [5, 5.41) is 2.68. The Bertz CT molecular complexity index is 1450. The van der Waals surface area contributed by atoms with E-state index in [1.807, 2.05) is 18.2 Å². The average molecular weight is 540 g/mol. The Morgan fingerprint density at radius 1 is 1.03 bits per heavy atom. The molecule has 1 aromatic heterocycles. The molecule has 0 spiro atoms. The van der Waals surface area contributed by atoms with Crippen LogP contribution in [0.3, 0.4) is 0 Å². The maximum atomic E-state index is 14.1. The Morgan fingerprint density at radius 2 is 1.76 bits per heavy atom. The average Bonchev–Trinajstić information content (AvgIpc) is 3.67. The molecule has 3 aromatic carbocycles. The van der Waals surface area contributed by atoms with E-state index >= 15 is 0 Å². The first-order valence-electron chi connectivity index (χ1n) is 11.8. The Balaban J connectivity index is 1.36. The zero-order valence-corrected chi connectivity index (χ0v) is 21.8. The van der Waals surface area contributed by atoms with Gasteiger partial charge in [0.2, 0.25) is 0 Å². The summed E-state index contributed by atoms with van der Waals surface area (Å²) < 4.78 is 39.1. The molecule has 0 saturated heterocycles. The van der Waals surface area contributed by atoms with Gasteiger partial charge in [0.15, 0.2) is 0 Å². The van der Waals surface area contributed by atoms with Gasteiger partial charge >= 0.3 is 6.09 Å². The molecule has 0 bridgehead atoms. The highest BCUT2D eigenvalue weighted by Gasteiger charge is 2.23. The first-order chi connectivity index (χ1) is 17.8. The summed E-state index contributed by atoms with van der Waals surface area (Å²) in [7, 11) is 1.62. The number of halogens is 3. The standard InChI is InChI=1S/C29H24ClF2NO3S/c1-16(23-14-21(31)10-12-24(23)32)36-29(34)33-25-15-27(30)37-28(25)20-9-11-22(26(13-20)35-2)19-7-5-18(6-8-19)17-3-4-17/h5-17H,3-4H2,1-2H3,(H,33,34)/t16-/m1/s1. The molecule has 1 heterocycles. The van der Waals surface area contributed by atoms with Crippen molar-refractivity contribution in [3.63, 3.8) is 0 Å². The van der Waals surface area contributed by atoms with Gasteiger partial charge in [-0.1, -0.05) is 48.0 Å². The van der Waals surface area contributed by atoms with E-state index in [4.69, 9.17) is 21.1 Å². The van der Waals surface area contributed by atoms with Crippen LogP contribution in [-0.2, 0) is 4.74 Å². The lowest BCUT2D eigenvalue weighted by Crippen LogP contribution is -2.16. The maximum Gasteiger partial charge on any atom is 0.412 e. The number of anilines is 1. The number of thiophene rings is 1. The number of hydrogen-bond acceptors (Lipinski definition) is 4. The molecule has 1 atom stereocenters. The number of nitrogens with one attached hydrogen (secondary N) is 1. The summed E-state index contributed by atoms with van der Waals surface area (Å²) in [5.41, 5.74) is 4.56. The van der Waals surface area contributed by atoms with E-state index in [0.29, 0.717) is 26.6 Å². The van der Waals surface area contributed by atoms with Gasteiger partial charge in [-0.25, -0.2) is 13.6 Å². The molecule has 190 valence electrons. The van der Waals surface area contributed by atoms with Gasteiger partial charge < -0.3 is 9.47 Å². The minimum Gasteiger partial charge on any atom is -0.496 e. The van der Waals surface area contributed by atoms with E-state index in [1.165, 1.54) is 36.7 Å². The van der Waals surface area contributed by atoms with Gasteiger partial charge in [0.05, 0.1) is 22.0 Å². The van der Waals surface area contributed by atoms with E-state index < -0.39 is 23.8 Å². The highest BCUT2D eigenvalue weighted by molar-refractivity contribution is 7.20. The summed E-state index contributed by atoms with van der Waals surface area (Å²) in [6, 6.07) is 19.0. The van der Waals surface area contributed by atoms with Crippen LogP contribution in [-0.4, -0.2) is 13.2 Å². The second-order valence-corrected chi connectivity index (χ2v) is 10.6. The van der Waals surface area contributed by atoms with Gasteiger partial charge in [-0.2, -0.15) is 0 Å². The first kappa shape index (κ1) is 25.2. The quantitative estimate of drug-likeness (QED) is 0.254. The predicted molar refractivity (Wildman–Crippen MR) is 144 cm³/mol. The van der Waals surface area contributed by atoms with Crippen LogP contribution >= 0.6 is 22.9 Å². The number of hydrogen-bond donors (Lipinski definition) is 1. The van der Waals surface area contributed by atoms with Gasteiger partial charge in [-0.05, 0) is 72.7 Å². The number of carbonyl (C=O) groups excluding carboxylic acids is 1. The second kappa shape index (κ2) is 10.5. The number of methoxy groups -OCH3 is 1. The fraction of sp³-hybridized carbons (Fsp3) is 0.207. The topological polar surface area (TPSA) is 47.6 Å². The fourth-order valence-corrected chi connectivity index (χ4v) is 5.46. The number of carbonyl (C=O) groups is 1. The predicted octanol–water partition coefficient (Wildman–Crippen LogP) is 9.21. The smallest absolute Gasteiger partial charge is 0.412 e. The summed E-state index contributed by atoms with van der Waals surface area (Å²) in [6.45, 7) is 1.47. The largest absolute Gasteiger partial charge is 0.496 e. The van der Waals surface area contributed by atoms with Crippen molar-refractivity contribution in [1.82, 2.24) is 0 Å². The van der Waals surface area contributed by atoms with Crippen LogP contribution in [0.2, 0.25) is 4.34 Å². The summed E-state index contributed by atoms with van der Waals surface area (Å²) >= 11 is 7.58. The minimum atomic E-state index is -1.00. The van der Waals surface area contributed by atoms with E-state index in [0.717, 1.165) is 34.9 Å². The number of ether oxygens (including phenoxy) is 2. The molecule has 1 amide bonds. The Labute approximate surface area is 222 Å². The summed E-state index contributed by atoms with van der Waals surface area (Å²) in [5.74, 6) is 0.103. The van der Waals surface area contributed by atoms with Gasteiger partial charge in [0.25, 0.3) is 0 Å². The summed E-state index contributed by atoms with van der Waals surface area (Å²) in [4.78, 5) is 13.3. The molecule has 4 aromatic rings. The van der Waals surface area contributed by atoms with Crippen LogP contribution in [0.1, 0.15) is 42.9 Å². The zero-order chi connectivity index (χ0) is 26.1. The molecule has 37 heavy (non-hydrogen) atoms. The third-order valence-corrected chi connectivity index (χ3v) is 7.67. The summed E-state index contributed by atoms with van der Waals surface area (Å²) in [6.07, 6.45) is 0.696. The molecule has 0 unspecified atom stereocenters. The van der Waals surface area contributed by atoms with Gasteiger partial charge in [0.1, 0.15) is 23.5 Å². The van der Waals surface area contributed by atoms with Crippen molar-refractivity contribution < 1.29 is 23.0 Å². The molecule has 8 heteroatoms. The van der Waals surface area contributed by atoms with Crippen LogP contribution in [0.4, 0.5) is 19.3 Å². The van der Waals surface area contributed by atoms with Crippen LogP contribution in [0.25, 0.3) is 21.6 Å². The van der Waals surface area contributed by atoms with Crippen LogP contribution in [0, 0.1) is 11.6 Å². The molecule has 1 aliphatic rings. The van der Waals surface area contributed by atoms with Crippen LogP contribution in [0.5, 0.6) is 5.75 Å². The lowest BCUT2D eigenvalue weighted by Gasteiger charge is -2.16. The highest BCUT2D eigenvalue weighted by atomic mass is 35.5. The lowest BCUT2D eigenvalue weighted by atomic mass is 9.99. The molecule has 0 radical (unpaired) electrons. The van der Waals surface area contributed by atoms with E-state index in [2.05, 4.69) is 29.6 Å².